The van der Waals surface area contributed by atoms with Gasteiger partial charge in [-0.15, -0.1) is 0 Å². The monoisotopic (exact) mass is 293 g/mol. The first-order valence-electron chi connectivity index (χ1n) is 6.31. The molecule has 1 heterocycles. The molecule has 7 nitrogen and oxygen atoms in total. The van der Waals surface area contributed by atoms with Crippen molar-refractivity contribution in [3.63, 3.8) is 0 Å². The molecule has 2 N–H and O–H groups in total. The third kappa shape index (κ3) is 2.62. The van der Waals surface area contributed by atoms with E-state index in [9.17, 15) is 23.4 Å². The summed E-state index contributed by atoms with van der Waals surface area (Å²) >= 11 is 0. The van der Waals surface area contributed by atoms with Crippen LogP contribution in [0.2, 0.25) is 0 Å². The fourth-order valence-electron chi connectivity index (χ4n) is 2.84. The summed E-state index contributed by atoms with van der Waals surface area (Å²) in [5.74, 6) is -1.16. The molecule has 1 aliphatic heterocycles. The first-order valence-corrected chi connectivity index (χ1v) is 7.81. The van der Waals surface area contributed by atoms with Crippen molar-refractivity contribution in [2.75, 3.05) is 20.2 Å². The third-order valence-electron chi connectivity index (χ3n) is 3.92. The Bertz CT molecular complexity index is 440. The molecule has 0 spiro atoms. The Kier molecular flexibility index (Phi) is 4.14. The Labute approximate surface area is 112 Å². The maximum Gasteiger partial charge on any atom is 0.310 e. The van der Waals surface area contributed by atoms with Crippen LogP contribution in [0.5, 0.6) is 0 Å². The highest BCUT2D eigenvalue weighted by atomic mass is 32.2. The lowest BCUT2D eigenvalue weighted by Gasteiger charge is -2.24. The van der Waals surface area contributed by atoms with Crippen LogP contribution in [0.25, 0.3) is 0 Å². The van der Waals surface area contributed by atoms with E-state index in [-0.39, 0.29) is 13.1 Å². The van der Waals surface area contributed by atoms with E-state index in [0.29, 0.717) is 19.3 Å². The lowest BCUT2D eigenvalue weighted by molar-refractivity contribution is -0.145. The predicted octanol–water partition coefficient (Wildman–Crippen LogP) is -1.30. The lowest BCUT2D eigenvalue weighted by atomic mass is 10.1. The molecule has 4 atom stereocenters. The number of hydrogen-bond acceptors (Lipinski definition) is 6. The quantitative estimate of drug-likeness (QED) is 0.627. The highest BCUT2D eigenvalue weighted by Crippen LogP contribution is 2.34. The molecule has 19 heavy (non-hydrogen) atoms. The van der Waals surface area contributed by atoms with Crippen LogP contribution >= 0.6 is 0 Å². The van der Waals surface area contributed by atoms with Gasteiger partial charge in [-0.3, -0.25) is 4.79 Å². The number of ether oxygens (including phenoxy) is 1. The molecular formula is C11H19NO6S. The summed E-state index contributed by atoms with van der Waals surface area (Å²) in [7, 11) is -2.45. The molecule has 0 amide bonds. The number of methoxy groups -OCH3 is 1. The van der Waals surface area contributed by atoms with E-state index < -0.39 is 39.4 Å². The summed E-state index contributed by atoms with van der Waals surface area (Å²) < 4.78 is 30.6. The van der Waals surface area contributed by atoms with Crippen molar-refractivity contribution >= 4 is 16.0 Å². The topological polar surface area (TPSA) is 104 Å². The van der Waals surface area contributed by atoms with Gasteiger partial charge < -0.3 is 14.9 Å². The summed E-state index contributed by atoms with van der Waals surface area (Å²) in [6.07, 6.45) is -0.566. The van der Waals surface area contributed by atoms with Gasteiger partial charge in [0.1, 0.15) is 0 Å². The number of hydrogen-bond donors (Lipinski definition) is 2. The van der Waals surface area contributed by atoms with Crippen LogP contribution in [0.3, 0.4) is 0 Å². The van der Waals surface area contributed by atoms with Gasteiger partial charge in [0.05, 0.1) is 30.5 Å². The number of carbonyl (C=O) groups excluding carboxylic acids is 1. The fourth-order valence-corrected chi connectivity index (χ4v) is 5.07. The van der Waals surface area contributed by atoms with E-state index in [2.05, 4.69) is 4.74 Å². The summed E-state index contributed by atoms with van der Waals surface area (Å²) in [5.41, 5.74) is 0. The van der Waals surface area contributed by atoms with Gasteiger partial charge in [0.2, 0.25) is 10.0 Å². The van der Waals surface area contributed by atoms with Crippen LogP contribution in [-0.2, 0) is 19.6 Å². The molecule has 0 aromatic carbocycles. The normalized spacial score (nSPS) is 36.6. The van der Waals surface area contributed by atoms with Crippen molar-refractivity contribution < 1.29 is 28.2 Å². The highest BCUT2D eigenvalue weighted by molar-refractivity contribution is 7.89. The standard InChI is InChI=1S/C11H19NO6S/c1-18-11(15)7-3-2-4-10(7)19(16,17)12-5-8(13)9(14)6-12/h7-10,13-14H,2-6H2,1H3/t7?,8-,9+,10?. The van der Waals surface area contributed by atoms with E-state index in [4.69, 9.17) is 0 Å². The van der Waals surface area contributed by atoms with Gasteiger partial charge in [-0.05, 0) is 12.8 Å². The Hall–Kier alpha value is -0.700. The Morgan fingerprint density at radius 1 is 1.21 bits per heavy atom. The lowest BCUT2D eigenvalue weighted by Crippen LogP contribution is -2.42. The third-order valence-corrected chi connectivity index (χ3v) is 6.27. The molecule has 110 valence electrons. The first-order chi connectivity index (χ1) is 8.87. The fraction of sp³-hybridized carbons (Fsp3) is 0.909. The summed E-state index contributed by atoms with van der Waals surface area (Å²) in [5, 5.41) is 18.1. The number of aliphatic hydroxyl groups excluding tert-OH is 2. The maximum absolute atomic E-state index is 12.5. The average Bonchev–Trinajstić information content (AvgIpc) is 2.97. The zero-order valence-corrected chi connectivity index (χ0v) is 11.5. The zero-order valence-electron chi connectivity index (χ0n) is 10.7. The van der Waals surface area contributed by atoms with Crippen LogP contribution in [0, 0.1) is 5.92 Å². The molecular weight excluding hydrogens is 274 g/mol. The minimum absolute atomic E-state index is 0.117. The summed E-state index contributed by atoms with van der Waals surface area (Å²) in [6.45, 7) is -0.234. The number of esters is 1. The first kappa shape index (κ1) is 14.7. The zero-order chi connectivity index (χ0) is 14.2. The molecule has 0 radical (unpaired) electrons. The van der Waals surface area contributed by atoms with E-state index in [1.165, 1.54) is 7.11 Å². The van der Waals surface area contributed by atoms with Crippen molar-refractivity contribution in [2.24, 2.45) is 5.92 Å². The van der Waals surface area contributed by atoms with Gasteiger partial charge in [-0.2, -0.15) is 4.31 Å². The molecule has 2 unspecified atom stereocenters. The molecule has 1 saturated heterocycles. The van der Waals surface area contributed by atoms with Crippen molar-refractivity contribution in [3.05, 3.63) is 0 Å². The number of aliphatic hydroxyl groups is 2. The van der Waals surface area contributed by atoms with E-state index in [1.54, 1.807) is 0 Å². The smallest absolute Gasteiger partial charge is 0.310 e. The Morgan fingerprint density at radius 2 is 1.79 bits per heavy atom. The SMILES string of the molecule is COC(=O)C1CCCC1S(=O)(=O)N1C[C@@H](O)[C@@H](O)C1. The van der Waals surface area contributed by atoms with Gasteiger partial charge in [-0.25, -0.2) is 8.42 Å². The van der Waals surface area contributed by atoms with Crippen molar-refractivity contribution in [3.8, 4) is 0 Å². The number of carbonyl (C=O) groups is 1. The Balaban J connectivity index is 2.18. The predicted molar refractivity (Wildman–Crippen MR) is 65.7 cm³/mol. The molecule has 0 aromatic rings. The molecule has 8 heteroatoms. The van der Waals surface area contributed by atoms with E-state index in [1.807, 2.05) is 0 Å². The van der Waals surface area contributed by atoms with Crippen LogP contribution in [0.15, 0.2) is 0 Å². The second kappa shape index (κ2) is 5.35. The molecule has 2 fully saturated rings. The summed E-state index contributed by atoms with van der Waals surface area (Å²) in [4.78, 5) is 11.6. The molecule has 2 rings (SSSR count). The second-order valence-electron chi connectivity index (χ2n) is 5.10. The van der Waals surface area contributed by atoms with Crippen LogP contribution in [-0.4, -0.2) is 66.6 Å². The number of β-amino-alcohol motifs (C(OH)–C–C–N with tert-alkyl or cyclic N) is 2. The van der Waals surface area contributed by atoms with Gasteiger partial charge >= 0.3 is 5.97 Å². The minimum atomic E-state index is -3.70. The molecule has 0 aromatic heterocycles. The summed E-state index contributed by atoms with van der Waals surface area (Å²) in [6, 6.07) is 0. The van der Waals surface area contributed by atoms with Gasteiger partial charge in [0, 0.05) is 13.1 Å². The second-order valence-corrected chi connectivity index (χ2v) is 7.25. The average molecular weight is 293 g/mol. The highest BCUT2D eigenvalue weighted by Gasteiger charge is 2.47. The van der Waals surface area contributed by atoms with Gasteiger partial charge in [0.25, 0.3) is 0 Å². The molecule has 0 bridgehead atoms. The van der Waals surface area contributed by atoms with Crippen LogP contribution in [0.1, 0.15) is 19.3 Å². The minimum Gasteiger partial charge on any atom is -0.469 e. The largest absolute Gasteiger partial charge is 0.469 e. The van der Waals surface area contributed by atoms with E-state index >= 15 is 0 Å². The molecule has 1 aliphatic carbocycles. The van der Waals surface area contributed by atoms with Crippen LogP contribution in [0.4, 0.5) is 0 Å². The number of nitrogens with zero attached hydrogens (tertiary/aromatic N) is 1. The van der Waals surface area contributed by atoms with Crippen molar-refractivity contribution in [1.82, 2.24) is 4.31 Å². The molecule has 2 aliphatic rings. The van der Waals surface area contributed by atoms with Crippen molar-refractivity contribution in [1.29, 1.82) is 0 Å². The van der Waals surface area contributed by atoms with Crippen molar-refractivity contribution in [2.45, 2.75) is 36.7 Å². The van der Waals surface area contributed by atoms with E-state index in [0.717, 1.165) is 4.31 Å². The number of sulfonamides is 1. The van der Waals surface area contributed by atoms with Crippen LogP contribution < -0.4 is 0 Å². The molecule has 1 saturated carbocycles. The maximum atomic E-state index is 12.5. The Morgan fingerprint density at radius 3 is 2.32 bits per heavy atom. The van der Waals surface area contributed by atoms with Gasteiger partial charge in [0.15, 0.2) is 0 Å². The number of rotatable bonds is 3. The van der Waals surface area contributed by atoms with Gasteiger partial charge in [-0.1, -0.05) is 6.42 Å².